The highest BCUT2D eigenvalue weighted by molar-refractivity contribution is 9.10. The molecule has 2 aromatic rings. The Hall–Kier alpha value is -1.70. The molecular weight excluding hydrogens is 351 g/mol. The topological polar surface area (TPSA) is 47.8 Å². The summed E-state index contributed by atoms with van der Waals surface area (Å²) in [5.74, 6) is -0.471. The molecule has 2 aromatic heterocycles. The summed E-state index contributed by atoms with van der Waals surface area (Å²) in [4.78, 5) is 16.0. The molecule has 112 valence electrons. The van der Waals surface area contributed by atoms with Crippen molar-refractivity contribution >= 4 is 21.7 Å². The Morgan fingerprint density at radius 2 is 2.05 bits per heavy atom. The second-order valence-corrected chi connectivity index (χ2v) is 5.18. The summed E-state index contributed by atoms with van der Waals surface area (Å²) >= 11 is 3.22. The first-order valence-electron chi connectivity index (χ1n) is 6.14. The van der Waals surface area contributed by atoms with E-state index in [0.717, 1.165) is 18.6 Å². The van der Waals surface area contributed by atoms with Gasteiger partial charge in [-0.05, 0) is 34.5 Å². The smallest absolute Gasteiger partial charge is 0.285 e. The van der Waals surface area contributed by atoms with E-state index in [0.29, 0.717) is 17.2 Å². The summed E-state index contributed by atoms with van der Waals surface area (Å²) < 4.78 is 39.4. The fraction of sp³-hybridized carbons (Fsp3) is 0.308. The van der Waals surface area contributed by atoms with E-state index in [1.54, 1.807) is 0 Å². The normalized spacial score (nSPS) is 11.7. The van der Waals surface area contributed by atoms with Crippen molar-refractivity contribution in [1.29, 1.82) is 0 Å². The number of ketones is 1. The van der Waals surface area contributed by atoms with Crippen molar-refractivity contribution in [2.45, 2.75) is 26.1 Å². The molecule has 0 N–H and O–H groups in total. The molecular formula is C13H11BrF3N3O. The van der Waals surface area contributed by atoms with Crippen molar-refractivity contribution in [3.63, 3.8) is 0 Å². The fourth-order valence-electron chi connectivity index (χ4n) is 1.79. The van der Waals surface area contributed by atoms with Gasteiger partial charge in [-0.15, -0.1) is 0 Å². The molecule has 0 aromatic carbocycles. The minimum absolute atomic E-state index is 0.0541. The van der Waals surface area contributed by atoms with E-state index < -0.39 is 17.5 Å². The van der Waals surface area contributed by atoms with Crippen LogP contribution in [-0.4, -0.2) is 20.5 Å². The Labute approximate surface area is 127 Å². The third kappa shape index (κ3) is 3.31. The standard InChI is InChI=1S/C13H11BrF3N3O/c1-2-5-20-11(9(14)7-19-20)12(21)10-4-3-8(6-18-10)13(15,16)17/h3-4,6-7H,2,5H2,1H3. The van der Waals surface area contributed by atoms with Gasteiger partial charge in [-0.1, -0.05) is 6.92 Å². The molecule has 0 fully saturated rings. The molecule has 0 aliphatic heterocycles. The molecule has 0 amide bonds. The first-order chi connectivity index (χ1) is 9.84. The minimum Gasteiger partial charge on any atom is -0.285 e. The molecule has 0 radical (unpaired) electrons. The van der Waals surface area contributed by atoms with E-state index in [4.69, 9.17) is 0 Å². The lowest BCUT2D eigenvalue weighted by molar-refractivity contribution is -0.137. The van der Waals surface area contributed by atoms with Gasteiger partial charge in [0.25, 0.3) is 0 Å². The van der Waals surface area contributed by atoms with Crippen LogP contribution in [0.15, 0.2) is 29.0 Å². The molecule has 2 rings (SSSR count). The van der Waals surface area contributed by atoms with Gasteiger partial charge in [-0.2, -0.15) is 18.3 Å². The molecule has 0 atom stereocenters. The van der Waals surface area contributed by atoms with Crippen LogP contribution in [0.3, 0.4) is 0 Å². The number of aryl methyl sites for hydroxylation is 1. The number of pyridine rings is 1. The van der Waals surface area contributed by atoms with Crippen LogP contribution in [0.1, 0.15) is 35.1 Å². The van der Waals surface area contributed by atoms with Gasteiger partial charge < -0.3 is 0 Å². The molecule has 0 saturated carbocycles. The zero-order chi connectivity index (χ0) is 15.6. The van der Waals surface area contributed by atoms with Crippen LogP contribution in [0.4, 0.5) is 13.2 Å². The second-order valence-electron chi connectivity index (χ2n) is 4.32. The predicted molar refractivity (Wildman–Crippen MR) is 72.9 cm³/mol. The lowest BCUT2D eigenvalue weighted by Crippen LogP contribution is -2.14. The van der Waals surface area contributed by atoms with Crippen LogP contribution in [-0.2, 0) is 12.7 Å². The summed E-state index contributed by atoms with van der Waals surface area (Å²) in [7, 11) is 0. The second kappa shape index (κ2) is 5.97. The van der Waals surface area contributed by atoms with Gasteiger partial charge in [0.1, 0.15) is 11.4 Å². The van der Waals surface area contributed by atoms with Gasteiger partial charge in [0.05, 0.1) is 16.2 Å². The van der Waals surface area contributed by atoms with Crippen LogP contribution >= 0.6 is 15.9 Å². The predicted octanol–water partition coefficient (Wildman–Crippen LogP) is 3.70. The van der Waals surface area contributed by atoms with Crippen LogP contribution < -0.4 is 0 Å². The summed E-state index contributed by atoms with van der Waals surface area (Å²) in [6.45, 7) is 2.47. The highest BCUT2D eigenvalue weighted by Crippen LogP contribution is 2.28. The highest BCUT2D eigenvalue weighted by Gasteiger charge is 2.31. The van der Waals surface area contributed by atoms with Crippen molar-refractivity contribution in [3.05, 3.63) is 46.0 Å². The zero-order valence-corrected chi connectivity index (χ0v) is 12.6. The van der Waals surface area contributed by atoms with Crippen molar-refractivity contribution in [1.82, 2.24) is 14.8 Å². The lowest BCUT2D eigenvalue weighted by Gasteiger charge is -2.08. The number of nitrogens with zero attached hydrogens (tertiary/aromatic N) is 3. The molecule has 0 bridgehead atoms. The van der Waals surface area contributed by atoms with Crippen LogP contribution in [0.5, 0.6) is 0 Å². The molecule has 4 nitrogen and oxygen atoms in total. The Morgan fingerprint density at radius 1 is 1.33 bits per heavy atom. The molecule has 0 aliphatic carbocycles. The number of carbonyl (C=O) groups is 1. The molecule has 0 unspecified atom stereocenters. The van der Waals surface area contributed by atoms with Crippen LogP contribution in [0.25, 0.3) is 0 Å². The number of rotatable bonds is 4. The molecule has 0 saturated heterocycles. The summed E-state index contributed by atoms with van der Waals surface area (Å²) in [5.41, 5.74) is -0.661. The third-order valence-corrected chi connectivity index (χ3v) is 3.35. The summed E-state index contributed by atoms with van der Waals surface area (Å²) in [6, 6.07) is 1.91. The molecule has 2 heterocycles. The first kappa shape index (κ1) is 15.7. The van der Waals surface area contributed by atoms with E-state index in [9.17, 15) is 18.0 Å². The van der Waals surface area contributed by atoms with Gasteiger partial charge >= 0.3 is 6.18 Å². The van der Waals surface area contributed by atoms with E-state index >= 15 is 0 Å². The Kier molecular flexibility index (Phi) is 4.46. The first-order valence-corrected chi connectivity index (χ1v) is 6.93. The summed E-state index contributed by atoms with van der Waals surface area (Å²) in [6.07, 6.45) is -1.57. The number of alkyl halides is 3. The van der Waals surface area contributed by atoms with Gasteiger partial charge in [0.15, 0.2) is 0 Å². The van der Waals surface area contributed by atoms with Gasteiger partial charge in [0.2, 0.25) is 5.78 Å². The van der Waals surface area contributed by atoms with E-state index in [1.165, 1.54) is 10.9 Å². The molecule has 8 heteroatoms. The van der Waals surface area contributed by atoms with Crippen molar-refractivity contribution < 1.29 is 18.0 Å². The van der Waals surface area contributed by atoms with Gasteiger partial charge in [-0.3, -0.25) is 14.5 Å². The van der Waals surface area contributed by atoms with Crippen molar-refractivity contribution in [2.75, 3.05) is 0 Å². The van der Waals surface area contributed by atoms with E-state index in [2.05, 4.69) is 26.0 Å². The van der Waals surface area contributed by atoms with Crippen molar-refractivity contribution in [2.24, 2.45) is 0 Å². The van der Waals surface area contributed by atoms with Gasteiger partial charge in [-0.25, -0.2) is 0 Å². The maximum absolute atomic E-state index is 12.5. The van der Waals surface area contributed by atoms with Crippen LogP contribution in [0, 0.1) is 0 Å². The fourth-order valence-corrected chi connectivity index (χ4v) is 2.26. The molecule has 0 aliphatic rings. The Balaban J connectivity index is 2.34. The zero-order valence-electron chi connectivity index (χ0n) is 11.0. The van der Waals surface area contributed by atoms with Gasteiger partial charge in [0, 0.05) is 12.7 Å². The summed E-state index contributed by atoms with van der Waals surface area (Å²) in [5, 5.41) is 4.05. The van der Waals surface area contributed by atoms with E-state index in [-0.39, 0.29) is 11.4 Å². The highest BCUT2D eigenvalue weighted by atomic mass is 79.9. The number of hydrogen-bond donors (Lipinski definition) is 0. The number of halogens is 4. The quantitative estimate of drug-likeness (QED) is 0.780. The molecule has 0 spiro atoms. The van der Waals surface area contributed by atoms with E-state index in [1.807, 2.05) is 6.92 Å². The average Bonchev–Trinajstić information content (AvgIpc) is 2.79. The monoisotopic (exact) mass is 361 g/mol. The number of aromatic nitrogens is 3. The SMILES string of the molecule is CCCn1ncc(Br)c1C(=O)c1ccc(C(F)(F)F)cn1. The average molecular weight is 362 g/mol. The number of hydrogen-bond acceptors (Lipinski definition) is 3. The minimum atomic E-state index is -4.47. The lowest BCUT2D eigenvalue weighted by atomic mass is 10.1. The Bertz CT molecular complexity index is 650. The largest absolute Gasteiger partial charge is 0.417 e. The third-order valence-electron chi connectivity index (χ3n) is 2.77. The maximum atomic E-state index is 12.5. The Morgan fingerprint density at radius 3 is 2.57 bits per heavy atom. The van der Waals surface area contributed by atoms with Crippen LogP contribution in [0.2, 0.25) is 0 Å². The number of carbonyl (C=O) groups excluding carboxylic acids is 1. The van der Waals surface area contributed by atoms with Crippen molar-refractivity contribution in [3.8, 4) is 0 Å². The molecule has 21 heavy (non-hydrogen) atoms. The maximum Gasteiger partial charge on any atom is 0.417 e.